The molecule has 2 heteroatoms. The van der Waals surface area contributed by atoms with Crippen LogP contribution in [0.3, 0.4) is 0 Å². The summed E-state index contributed by atoms with van der Waals surface area (Å²) in [5.74, 6) is 0.456. The highest BCUT2D eigenvalue weighted by Gasteiger charge is 2.44. The second-order valence-electron chi connectivity index (χ2n) is 9.76. The Morgan fingerprint density at radius 3 is 2.70 bits per heavy atom. The molecule has 4 rings (SSSR count). The van der Waals surface area contributed by atoms with Crippen LogP contribution in [0.15, 0.2) is 54.6 Å². The number of ether oxygens (including phenoxy) is 1. The summed E-state index contributed by atoms with van der Waals surface area (Å²) in [5.41, 5.74) is 1.56. The summed E-state index contributed by atoms with van der Waals surface area (Å²) in [6.07, 6.45) is 14.8. The van der Waals surface area contributed by atoms with Crippen LogP contribution in [0.4, 0.5) is 0 Å². The van der Waals surface area contributed by atoms with Gasteiger partial charge in [0.05, 0.1) is 5.92 Å². The molecule has 1 fully saturated rings. The van der Waals surface area contributed by atoms with Crippen LogP contribution in [-0.2, 0) is 16.0 Å². The summed E-state index contributed by atoms with van der Waals surface area (Å²) >= 11 is 0. The highest BCUT2D eigenvalue weighted by atomic mass is 16.6. The number of cyclic esters (lactones) is 1. The highest BCUT2D eigenvalue weighted by molar-refractivity contribution is 5.83. The molecule has 2 aromatic carbocycles. The van der Waals surface area contributed by atoms with E-state index in [9.17, 15) is 4.79 Å². The maximum absolute atomic E-state index is 12.8. The predicted octanol–water partition coefficient (Wildman–Crippen LogP) is 7.26. The van der Waals surface area contributed by atoms with Gasteiger partial charge in [0.2, 0.25) is 0 Å². The van der Waals surface area contributed by atoms with Crippen molar-refractivity contribution >= 4 is 16.7 Å². The average Bonchev–Trinajstić information content (AvgIpc) is 3.05. The molecule has 1 saturated heterocycles. The maximum Gasteiger partial charge on any atom is 0.309 e. The predicted molar refractivity (Wildman–Crippen MR) is 124 cm³/mol. The lowest BCUT2D eigenvalue weighted by Crippen LogP contribution is -2.26. The molecule has 0 saturated carbocycles. The Balaban J connectivity index is 1.51. The molecule has 2 aromatic rings. The van der Waals surface area contributed by atoms with Crippen LogP contribution >= 0.6 is 0 Å². The van der Waals surface area contributed by atoms with E-state index in [-0.39, 0.29) is 23.4 Å². The quantitative estimate of drug-likeness (QED) is 0.342. The number of rotatable bonds is 8. The number of allylic oxidation sites excluding steroid dienone is 2. The molecule has 0 radical (unpaired) electrons. The third kappa shape index (κ3) is 4.79. The maximum atomic E-state index is 12.8. The van der Waals surface area contributed by atoms with Crippen LogP contribution in [-0.4, -0.2) is 12.1 Å². The van der Waals surface area contributed by atoms with Crippen molar-refractivity contribution in [2.45, 2.75) is 77.7 Å². The van der Waals surface area contributed by atoms with E-state index in [0.717, 1.165) is 38.5 Å². The largest absolute Gasteiger partial charge is 0.461 e. The van der Waals surface area contributed by atoms with E-state index < -0.39 is 0 Å². The fourth-order valence-electron chi connectivity index (χ4n) is 5.47. The van der Waals surface area contributed by atoms with Crippen LogP contribution in [0.2, 0.25) is 0 Å². The smallest absolute Gasteiger partial charge is 0.309 e. The van der Waals surface area contributed by atoms with E-state index in [4.69, 9.17) is 4.74 Å². The minimum atomic E-state index is 0.0108. The van der Waals surface area contributed by atoms with E-state index in [0.29, 0.717) is 5.92 Å². The van der Waals surface area contributed by atoms with Crippen molar-refractivity contribution in [2.24, 2.45) is 17.3 Å². The monoisotopic (exact) mass is 404 g/mol. The minimum absolute atomic E-state index is 0.0108. The first-order valence-electron chi connectivity index (χ1n) is 11.9. The Kier molecular flexibility index (Phi) is 6.61. The summed E-state index contributed by atoms with van der Waals surface area (Å²) in [5, 5.41) is 2.53. The van der Waals surface area contributed by atoms with E-state index >= 15 is 0 Å². The van der Waals surface area contributed by atoms with Crippen molar-refractivity contribution in [3.63, 3.8) is 0 Å². The molecule has 2 aliphatic rings. The highest BCUT2D eigenvalue weighted by Crippen LogP contribution is 2.42. The van der Waals surface area contributed by atoms with Crippen molar-refractivity contribution in [1.82, 2.24) is 0 Å². The zero-order valence-electron chi connectivity index (χ0n) is 18.6. The van der Waals surface area contributed by atoms with Crippen LogP contribution in [0.25, 0.3) is 10.8 Å². The van der Waals surface area contributed by atoms with Crippen LogP contribution in [0.5, 0.6) is 0 Å². The number of carbonyl (C=O) groups is 1. The third-order valence-corrected chi connectivity index (χ3v) is 7.37. The van der Waals surface area contributed by atoms with Gasteiger partial charge in [0, 0.05) is 12.3 Å². The normalized spacial score (nSPS) is 28.7. The molecule has 1 heterocycles. The Labute approximate surface area is 181 Å². The van der Waals surface area contributed by atoms with E-state index in [1.807, 2.05) is 0 Å². The first-order valence-corrected chi connectivity index (χ1v) is 11.9. The summed E-state index contributed by atoms with van der Waals surface area (Å²) in [6, 6.07) is 15.1. The van der Waals surface area contributed by atoms with Gasteiger partial charge in [-0.05, 0) is 60.3 Å². The van der Waals surface area contributed by atoms with Gasteiger partial charge in [0.1, 0.15) is 6.10 Å². The van der Waals surface area contributed by atoms with Gasteiger partial charge in [-0.2, -0.15) is 0 Å². The zero-order valence-corrected chi connectivity index (χ0v) is 18.6. The Bertz CT molecular complexity index is 898. The van der Waals surface area contributed by atoms with Crippen molar-refractivity contribution in [1.29, 1.82) is 0 Å². The zero-order chi connectivity index (χ0) is 21.0. The van der Waals surface area contributed by atoms with Crippen molar-refractivity contribution in [3.8, 4) is 0 Å². The molecule has 2 nitrogen and oxygen atoms in total. The van der Waals surface area contributed by atoms with Crippen LogP contribution in [0, 0.1) is 17.3 Å². The molecule has 0 aromatic heterocycles. The summed E-state index contributed by atoms with van der Waals surface area (Å²) in [7, 11) is 0. The molecule has 0 amide bonds. The summed E-state index contributed by atoms with van der Waals surface area (Å²) in [6.45, 7) is 4.59. The summed E-state index contributed by atoms with van der Waals surface area (Å²) < 4.78 is 6.02. The van der Waals surface area contributed by atoms with Gasteiger partial charge in [-0.3, -0.25) is 4.79 Å². The van der Waals surface area contributed by atoms with E-state index in [2.05, 4.69) is 68.5 Å². The average molecular weight is 405 g/mol. The first-order chi connectivity index (χ1) is 14.6. The fraction of sp³-hybridized carbons (Fsp3) is 0.536. The lowest BCUT2D eigenvalue weighted by atomic mass is 9.73. The molecular formula is C28H36O2. The van der Waals surface area contributed by atoms with E-state index in [1.54, 1.807) is 0 Å². The Hall–Kier alpha value is -2.09. The molecular weight excluding hydrogens is 368 g/mol. The topological polar surface area (TPSA) is 26.3 Å². The number of esters is 1. The van der Waals surface area contributed by atoms with Crippen molar-refractivity contribution < 1.29 is 9.53 Å². The van der Waals surface area contributed by atoms with E-state index in [1.165, 1.54) is 35.6 Å². The number of hydrogen-bond donors (Lipinski definition) is 0. The van der Waals surface area contributed by atoms with Gasteiger partial charge in [0.15, 0.2) is 0 Å². The number of hydrogen-bond acceptors (Lipinski definition) is 2. The summed E-state index contributed by atoms with van der Waals surface area (Å²) in [4.78, 5) is 12.8. The first kappa shape index (κ1) is 21.2. The fourth-order valence-corrected chi connectivity index (χ4v) is 5.47. The third-order valence-electron chi connectivity index (χ3n) is 7.37. The second-order valence-corrected chi connectivity index (χ2v) is 9.76. The molecule has 160 valence electrons. The van der Waals surface area contributed by atoms with Crippen LogP contribution < -0.4 is 0 Å². The van der Waals surface area contributed by atoms with Gasteiger partial charge >= 0.3 is 5.97 Å². The van der Waals surface area contributed by atoms with Gasteiger partial charge < -0.3 is 4.74 Å². The second kappa shape index (κ2) is 9.37. The lowest BCUT2D eigenvalue weighted by Gasteiger charge is -2.31. The van der Waals surface area contributed by atoms with Gasteiger partial charge in [-0.15, -0.1) is 0 Å². The molecule has 4 atom stereocenters. The molecule has 0 bridgehead atoms. The number of fused-ring (bicyclic) bond motifs is 1. The Morgan fingerprint density at radius 1 is 1.10 bits per heavy atom. The molecule has 0 N–H and O–H groups in total. The Morgan fingerprint density at radius 2 is 1.93 bits per heavy atom. The van der Waals surface area contributed by atoms with Crippen LogP contribution in [0.1, 0.15) is 70.8 Å². The number of carbonyl (C=O) groups excluding carboxylic acids is 1. The number of unbranched alkanes of at least 4 members (excludes halogenated alkanes) is 1. The molecule has 1 aliphatic heterocycles. The van der Waals surface area contributed by atoms with Crippen molar-refractivity contribution in [2.75, 3.05) is 0 Å². The standard InChI is InChI=1S/C28H36O2/c1-3-4-12-25-24(15-18-28(2)16-8-5-9-17-28)26(30-27(25)29)20-21-13-14-22-10-6-7-11-23(22)19-21/h6-8,10-11,13-14,16,19,24-26H,3-5,9,12,15,17-18,20H2,1-2H3. The molecule has 30 heavy (non-hydrogen) atoms. The van der Waals surface area contributed by atoms with Gasteiger partial charge in [-0.1, -0.05) is 81.3 Å². The molecule has 4 unspecified atom stereocenters. The lowest BCUT2D eigenvalue weighted by molar-refractivity contribution is -0.144. The van der Waals surface area contributed by atoms with Gasteiger partial charge in [-0.25, -0.2) is 0 Å². The molecule has 0 spiro atoms. The van der Waals surface area contributed by atoms with Gasteiger partial charge in [0.25, 0.3) is 0 Å². The number of benzene rings is 2. The molecule has 1 aliphatic carbocycles. The minimum Gasteiger partial charge on any atom is -0.461 e. The van der Waals surface area contributed by atoms with Crippen molar-refractivity contribution in [3.05, 3.63) is 60.2 Å². The SMILES string of the molecule is CCCCC1C(=O)OC(Cc2ccc3ccccc3c2)C1CCC1(C)C=CCCC1.